The molecule has 3 aliphatic rings. The van der Waals surface area contributed by atoms with Crippen LogP contribution in [0.25, 0.3) is 0 Å². The van der Waals surface area contributed by atoms with E-state index in [9.17, 15) is 14.5 Å². The third-order valence-corrected chi connectivity index (χ3v) is 8.19. The number of aliphatic hydroxyl groups is 1. The summed E-state index contributed by atoms with van der Waals surface area (Å²) in [7, 11) is -4.52. The van der Waals surface area contributed by atoms with Crippen LogP contribution >= 0.6 is 7.82 Å². The van der Waals surface area contributed by atoms with E-state index >= 15 is 0 Å². The van der Waals surface area contributed by atoms with Crippen molar-refractivity contribution in [1.29, 1.82) is 0 Å². The number of carbonyl (C=O) groups excluding carboxylic acids is 1. The Labute approximate surface area is 215 Å². The number of piperidine rings is 1. The van der Waals surface area contributed by atoms with Gasteiger partial charge in [-0.25, -0.2) is 9.55 Å². The molecule has 1 saturated heterocycles. The van der Waals surface area contributed by atoms with Crippen molar-refractivity contribution < 1.29 is 28.8 Å². The molecule has 1 aromatic carbocycles. The number of hydrogen-bond acceptors (Lipinski definition) is 8. The second-order valence-electron chi connectivity index (χ2n) is 10.4. The van der Waals surface area contributed by atoms with Crippen LogP contribution in [0.5, 0.6) is 0 Å². The largest absolute Gasteiger partial charge is 0.469 e. The summed E-state index contributed by atoms with van der Waals surface area (Å²) in [5.41, 5.74) is 3.23. The number of rotatable bonds is 9. The number of phosphoric ester groups is 1. The Kier molecular flexibility index (Phi) is 7.51. The van der Waals surface area contributed by atoms with E-state index in [0.29, 0.717) is 49.6 Å². The Hall–Kier alpha value is -2.56. The molecule has 2 saturated carbocycles. The number of aliphatic hydroxyl groups excluding tert-OH is 1. The Morgan fingerprint density at radius 1 is 1.19 bits per heavy atom. The predicted octanol–water partition coefficient (Wildman–Crippen LogP) is 2.50. The van der Waals surface area contributed by atoms with Gasteiger partial charge in [-0.05, 0) is 67.6 Å². The third-order valence-electron chi connectivity index (χ3n) is 7.62. The zero-order valence-electron chi connectivity index (χ0n) is 20.8. The smallest absolute Gasteiger partial charge is 0.392 e. The Morgan fingerprint density at radius 2 is 1.92 bits per heavy atom. The lowest BCUT2D eigenvalue weighted by atomic mass is 9.93. The van der Waals surface area contributed by atoms with Gasteiger partial charge >= 0.3 is 7.82 Å². The van der Waals surface area contributed by atoms with Gasteiger partial charge in [0.1, 0.15) is 11.4 Å². The first-order valence-corrected chi connectivity index (χ1v) is 14.3. The quantitative estimate of drug-likeness (QED) is 0.305. The third kappa shape index (κ3) is 6.48. The maximum absolute atomic E-state index is 13.3. The Morgan fingerprint density at radius 3 is 2.57 bits per heavy atom. The Bertz CT molecular complexity index is 1190. The van der Waals surface area contributed by atoms with Gasteiger partial charge in [-0.2, -0.15) is 4.98 Å². The Balaban J connectivity index is 1.28. The highest BCUT2D eigenvalue weighted by Gasteiger charge is 2.46. The van der Waals surface area contributed by atoms with Crippen molar-refractivity contribution in [3.63, 3.8) is 0 Å². The zero-order chi connectivity index (χ0) is 26.2. The first-order valence-electron chi connectivity index (χ1n) is 12.8. The average Bonchev–Trinajstić information content (AvgIpc) is 3.47. The van der Waals surface area contributed by atoms with Gasteiger partial charge in [-0.1, -0.05) is 18.2 Å². The van der Waals surface area contributed by atoms with E-state index in [4.69, 9.17) is 19.3 Å². The molecule has 0 spiro atoms. The number of aryl methyl sites for hydroxylation is 1. The molecule has 2 heterocycles. The van der Waals surface area contributed by atoms with Crippen LogP contribution in [0, 0.1) is 18.8 Å². The van der Waals surface area contributed by atoms with Crippen LogP contribution in [0.2, 0.25) is 0 Å². The number of amides is 1. The number of nitrogens with one attached hydrogen (secondary N) is 2. The molecule has 5 rings (SSSR count). The van der Waals surface area contributed by atoms with Crippen molar-refractivity contribution in [2.45, 2.75) is 64.3 Å². The number of benzene rings is 1. The van der Waals surface area contributed by atoms with Crippen LogP contribution in [0.1, 0.15) is 59.2 Å². The van der Waals surface area contributed by atoms with Crippen molar-refractivity contribution in [2.75, 3.05) is 23.3 Å². The number of anilines is 2. The van der Waals surface area contributed by atoms with Gasteiger partial charge in [0.15, 0.2) is 0 Å². The topological polar surface area (TPSA) is 157 Å². The highest BCUT2D eigenvalue weighted by Crippen LogP contribution is 2.45. The first kappa shape index (κ1) is 26.1. The van der Waals surface area contributed by atoms with Gasteiger partial charge in [0.05, 0.1) is 12.7 Å². The number of nitrogens with zero attached hydrogens (tertiary/aromatic N) is 3. The molecule has 2 aliphatic carbocycles. The summed E-state index contributed by atoms with van der Waals surface area (Å²) < 4.78 is 15.9. The van der Waals surface area contributed by atoms with Crippen molar-refractivity contribution in [3.05, 3.63) is 46.6 Å². The zero-order valence-corrected chi connectivity index (χ0v) is 21.7. The van der Waals surface area contributed by atoms with Crippen LogP contribution in [-0.4, -0.2) is 56.0 Å². The molecular formula is C25H34N5O6P. The predicted molar refractivity (Wildman–Crippen MR) is 137 cm³/mol. The number of carbonyl (C=O) groups is 1. The molecule has 12 heteroatoms. The molecular weight excluding hydrogens is 497 g/mol. The molecule has 2 aromatic rings. The molecule has 3 fully saturated rings. The molecule has 0 bridgehead atoms. The number of aromatic nitrogens is 2. The normalized spacial score (nSPS) is 25.0. The average molecular weight is 532 g/mol. The minimum absolute atomic E-state index is 0.00962. The van der Waals surface area contributed by atoms with Crippen LogP contribution in [0.4, 0.5) is 11.8 Å². The lowest BCUT2D eigenvalue weighted by Crippen LogP contribution is -2.39. The van der Waals surface area contributed by atoms with Crippen LogP contribution in [0.15, 0.2) is 24.4 Å². The van der Waals surface area contributed by atoms with Crippen molar-refractivity contribution in [1.82, 2.24) is 15.3 Å². The maximum Gasteiger partial charge on any atom is 0.469 e. The summed E-state index contributed by atoms with van der Waals surface area (Å²) in [4.78, 5) is 42.8. The number of phosphoric acid groups is 1. The highest BCUT2D eigenvalue weighted by atomic mass is 31.2. The van der Waals surface area contributed by atoms with Crippen LogP contribution in [0.3, 0.4) is 0 Å². The number of fused-ring (bicyclic) bond motifs is 1. The van der Waals surface area contributed by atoms with Gasteiger partial charge in [0.2, 0.25) is 5.95 Å². The lowest BCUT2D eigenvalue weighted by molar-refractivity contribution is 0.0820. The van der Waals surface area contributed by atoms with E-state index in [1.54, 1.807) is 6.20 Å². The summed E-state index contributed by atoms with van der Waals surface area (Å²) in [6, 6.07) is 5.72. The van der Waals surface area contributed by atoms with Crippen LogP contribution in [-0.2, 0) is 22.2 Å². The molecule has 37 heavy (non-hydrogen) atoms. The molecule has 2 atom stereocenters. The fourth-order valence-electron chi connectivity index (χ4n) is 5.39. The summed E-state index contributed by atoms with van der Waals surface area (Å²) in [6.07, 6.45) is 4.37. The molecule has 1 aliphatic heterocycles. The van der Waals surface area contributed by atoms with Crippen molar-refractivity contribution in [3.8, 4) is 0 Å². The molecule has 0 radical (unpaired) electrons. The second-order valence-corrected chi connectivity index (χ2v) is 11.6. The SMILES string of the molecule is Cc1cc(CNc2nc(N3CC4CC4C3)ncc2C(=O)NC2CCC(OP(=O)(O)O)CC2)ccc1CO. The minimum atomic E-state index is -4.52. The van der Waals surface area contributed by atoms with Gasteiger partial charge in [-0.3, -0.25) is 9.32 Å². The fourth-order valence-corrected chi connectivity index (χ4v) is 5.99. The highest BCUT2D eigenvalue weighted by molar-refractivity contribution is 7.46. The summed E-state index contributed by atoms with van der Waals surface area (Å²) in [6.45, 7) is 4.29. The van der Waals surface area contributed by atoms with Crippen LogP contribution < -0.4 is 15.5 Å². The van der Waals surface area contributed by atoms with E-state index in [1.807, 2.05) is 25.1 Å². The number of hydrogen-bond donors (Lipinski definition) is 5. The molecule has 2 unspecified atom stereocenters. The monoisotopic (exact) mass is 531 g/mol. The molecule has 1 aromatic heterocycles. The van der Waals surface area contributed by atoms with Gasteiger partial charge in [0.25, 0.3) is 5.91 Å². The molecule has 5 N–H and O–H groups in total. The summed E-state index contributed by atoms with van der Waals surface area (Å²) >= 11 is 0. The standard InChI is InChI=1S/C25H34N5O6P/c1-15-8-16(2-3-17(15)14-31)10-26-23-22(11-27-25(29-23)30-12-18-9-19(18)13-30)24(32)28-20-4-6-21(7-5-20)36-37(33,34)35/h2-3,8,11,18-21,31H,4-7,9-10,12-14H2,1H3,(H,28,32)(H,26,27,29)(H2,33,34,35). The van der Waals surface area contributed by atoms with Gasteiger partial charge < -0.3 is 30.4 Å². The van der Waals surface area contributed by atoms with E-state index in [2.05, 4.69) is 20.5 Å². The maximum atomic E-state index is 13.3. The van der Waals surface area contributed by atoms with Gasteiger partial charge in [-0.15, -0.1) is 0 Å². The van der Waals surface area contributed by atoms with E-state index in [0.717, 1.165) is 41.6 Å². The molecule has 1 amide bonds. The van der Waals surface area contributed by atoms with E-state index in [-0.39, 0.29) is 18.6 Å². The van der Waals surface area contributed by atoms with E-state index in [1.165, 1.54) is 6.42 Å². The second kappa shape index (κ2) is 10.7. The van der Waals surface area contributed by atoms with Gasteiger partial charge in [0, 0.05) is 31.9 Å². The first-order chi connectivity index (χ1) is 17.7. The molecule has 11 nitrogen and oxygen atoms in total. The van der Waals surface area contributed by atoms with Crippen molar-refractivity contribution >= 4 is 25.5 Å². The summed E-state index contributed by atoms with van der Waals surface area (Å²) in [5.74, 6) is 2.24. The molecule has 200 valence electrons. The summed E-state index contributed by atoms with van der Waals surface area (Å²) in [5, 5.41) is 15.8. The fraction of sp³-hybridized carbons (Fsp3) is 0.560. The van der Waals surface area contributed by atoms with Crippen molar-refractivity contribution in [2.24, 2.45) is 11.8 Å². The minimum Gasteiger partial charge on any atom is -0.392 e. The van der Waals surface area contributed by atoms with E-state index < -0.39 is 13.9 Å². The lowest BCUT2D eigenvalue weighted by Gasteiger charge is -2.29.